The van der Waals surface area contributed by atoms with Gasteiger partial charge in [0.1, 0.15) is 5.82 Å². The molecule has 0 N–H and O–H groups in total. The van der Waals surface area contributed by atoms with Crippen molar-refractivity contribution in [2.75, 3.05) is 32.1 Å². The fraction of sp³-hybridized carbons (Fsp3) is 0.381. The summed E-state index contributed by atoms with van der Waals surface area (Å²) < 4.78 is 43.2. The van der Waals surface area contributed by atoms with Gasteiger partial charge in [0.05, 0.1) is 12.0 Å². The number of imidazole rings is 1. The second-order valence-electron chi connectivity index (χ2n) is 7.95. The van der Waals surface area contributed by atoms with E-state index in [1.165, 1.54) is 29.0 Å². The maximum atomic E-state index is 13.9. The third-order valence-electron chi connectivity index (χ3n) is 5.40. The molecule has 0 radical (unpaired) electrons. The minimum atomic E-state index is -3.71. The molecule has 1 aliphatic rings. The molecule has 3 aromatic rings. The third kappa shape index (κ3) is 4.31. The van der Waals surface area contributed by atoms with Gasteiger partial charge in [0, 0.05) is 58.1 Å². The number of sulfonamides is 1. The zero-order valence-electron chi connectivity index (χ0n) is 17.7. The lowest BCUT2D eigenvalue weighted by molar-refractivity contribution is 0.312. The fourth-order valence-corrected chi connectivity index (χ4v) is 5.32. The summed E-state index contributed by atoms with van der Waals surface area (Å²) in [6.07, 6.45) is 6.15. The maximum absolute atomic E-state index is 13.9. The SMILES string of the molecule is CN(C)c1ncc(-c2cccc(F)c2)c([C@H]2CCCN(S(=O)(=O)c3cn(C)cn3)C2)n1. The first-order valence-corrected chi connectivity index (χ1v) is 11.5. The molecule has 2 aromatic heterocycles. The molecule has 0 amide bonds. The van der Waals surface area contributed by atoms with Crippen LogP contribution in [-0.2, 0) is 17.1 Å². The van der Waals surface area contributed by atoms with Crippen molar-refractivity contribution in [3.8, 4) is 11.1 Å². The molecule has 3 heterocycles. The van der Waals surface area contributed by atoms with Crippen LogP contribution in [0.5, 0.6) is 0 Å². The van der Waals surface area contributed by atoms with Crippen molar-refractivity contribution < 1.29 is 12.8 Å². The van der Waals surface area contributed by atoms with Gasteiger partial charge in [-0.25, -0.2) is 27.8 Å². The number of hydrogen-bond donors (Lipinski definition) is 0. The van der Waals surface area contributed by atoms with Gasteiger partial charge in [0.25, 0.3) is 10.0 Å². The molecule has 0 spiro atoms. The summed E-state index contributed by atoms with van der Waals surface area (Å²) in [5, 5.41) is 0.0395. The van der Waals surface area contributed by atoms with Crippen LogP contribution >= 0.6 is 0 Å². The van der Waals surface area contributed by atoms with E-state index in [-0.39, 0.29) is 23.3 Å². The molecule has 1 aliphatic heterocycles. The van der Waals surface area contributed by atoms with E-state index in [9.17, 15) is 12.8 Å². The Morgan fingerprint density at radius 1 is 1.23 bits per heavy atom. The molecular formula is C21H25FN6O2S. The molecule has 4 rings (SSSR count). The number of benzene rings is 1. The molecule has 1 saturated heterocycles. The Hall–Kier alpha value is -2.85. The van der Waals surface area contributed by atoms with Crippen molar-refractivity contribution in [3.63, 3.8) is 0 Å². The van der Waals surface area contributed by atoms with E-state index >= 15 is 0 Å². The predicted molar refractivity (Wildman–Crippen MR) is 116 cm³/mol. The van der Waals surface area contributed by atoms with Crippen LogP contribution in [-0.4, -0.2) is 59.4 Å². The van der Waals surface area contributed by atoms with Gasteiger partial charge in [0.15, 0.2) is 5.03 Å². The van der Waals surface area contributed by atoms with Gasteiger partial charge in [0.2, 0.25) is 5.95 Å². The minimum absolute atomic E-state index is 0.0395. The maximum Gasteiger partial charge on any atom is 0.262 e. The Morgan fingerprint density at radius 2 is 2.03 bits per heavy atom. The smallest absolute Gasteiger partial charge is 0.262 e. The van der Waals surface area contributed by atoms with E-state index in [1.54, 1.807) is 28.8 Å². The van der Waals surface area contributed by atoms with E-state index in [1.807, 2.05) is 20.2 Å². The minimum Gasteiger partial charge on any atom is -0.347 e. The number of hydrogen-bond acceptors (Lipinski definition) is 6. The Bertz CT molecular complexity index is 1190. The average Bonchev–Trinajstić information content (AvgIpc) is 3.20. The zero-order chi connectivity index (χ0) is 22.2. The van der Waals surface area contributed by atoms with Crippen molar-refractivity contribution in [3.05, 3.63) is 54.5 Å². The lowest BCUT2D eigenvalue weighted by Gasteiger charge is -2.32. The molecule has 0 unspecified atom stereocenters. The normalized spacial score (nSPS) is 17.6. The molecule has 1 aromatic carbocycles. The van der Waals surface area contributed by atoms with Crippen LogP contribution < -0.4 is 4.90 Å². The van der Waals surface area contributed by atoms with E-state index < -0.39 is 10.0 Å². The molecule has 10 heteroatoms. The number of piperidine rings is 1. The number of aromatic nitrogens is 4. The van der Waals surface area contributed by atoms with Crippen LogP contribution in [0, 0.1) is 5.82 Å². The number of nitrogens with zero attached hydrogens (tertiary/aromatic N) is 6. The summed E-state index contributed by atoms with van der Waals surface area (Å²) in [6, 6.07) is 6.29. The van der Waals surface area contributed by atoms with E-state index in [4.69, 9.17) is 4.98 Å². The molecule has 8 nitrogen and oxygen atoms in total. The lowest BCUT2D eigenvalue weighted by Crippen LogP contribution is -2.39. The van der Waals surface area contributed by atoms with Crippen LogP contribution in [0.4, 0.5) is 10.3 Å². The number of aryl methyl sites for hydroxylation is 1. The van der Waals surface area contributed by atoms with Crippen LogP contribution in [0.3, 0.4) is 0 Å². The first-order chi connectivity index (χ1) is 14.8. The molecular weight excluding hydrogens is 419 g/mol. The highest BCUT2D eigenvalue weighted by Gasteiger charge is 2.34. The third-order valence-corrected chi connectivity index (χ3v) is 7.15. The zero-order valence-corrected chi connectivity index (χ0v) is 18.5. The summed E-state index contributed by atoms with van der Waals surface area (Å²) in [6.45, 7) is 0.710. The molecule has 164 valence electrons. The highest BCUT2D eigenvalue weighted by molar-refractivity contribution is 7.89. The topological polar surface area (TPSA) is 84.2 Å². The van der Waals surface area contributed by atoms with E-state index in [2.05, 4.69) is 9.97 Å². The quantitative estimate of drug-likeness (QED) is 0.602. The summed E-state index contributed by atoms with van der Waals surface area (Å²) in [7, 11) is 1.72. The van der Waals surface area contributed by atoms with Crippen molar-refractivity contribution in [2.45, 2.75) is 23.8 Å². The first-order valence-electron chi connectivity index (χ1n) is 10.0. The number of anilines is 1. The van der Waals surface area contributed by atoms with Crippen molar-refractivity contribution in [1.29, 1.82) is 0 Å². The molecule has 0 bridgehead atoms. The van der Waals surface area contributed by atoms with Crippen molar-refractivity contribution >= 4 is 16.0 Å². The molecule has 0 aliphatic carbocycles. The van der Waals surface area contributed by atoms with Crippen LogP contribution in [0.25, 0.3) is 11.1 Å². The number of halogens is 1. The van der Waals surface area contributed by atoms with Crippen molar-refractivity contribution in [1.82, 2.24) is 23.8 Å². The second-order valence-corrected chi connectivity index (χ2v) is 9.84. The Balaban J connectivity index is 1.73. The molecule has 1 fully saturated rings. The monoisotopic (exact) mass is 444 g/mol. The van der Waals surface area contributed by atoms with E-state index in [0.717, 1.165) is 12.1 Å². The average molecular weight is 445 g/mol. The van der Waals surface area contributed by atoms with Crippen molar-refractivity contribution in [2.24, 2.45) is 7.05 Å². The summed E-state index contributed by atoms with van der Waals surface area (Å²) >= 11 is 0. The highest BCUT2D eigenvalue weighted by Crippen LogP contribution is 2.35. The van der Waals surface area contributed by atoms with Gasteiger partial charge in [-0.15, -0.1) is 0 Å². The predicted octanol–water partition coefficient (Wildman–Crippen LogP) is 2.65. The summed E-state index contributed by atoms with van der Waals surface area (Å²) in [5.74, 6) is 0.0372. The van der Waals surface area contributed by atoms with Gasteiger partial charge in [-0.3, -0.25) is 0 Å². The van der Waals surface area contributed by atoms with Gasteiger partial charge in [-0.05, 0) is 30.5 Å². The number of rotatable bonds is 5. The van der Waals surface area contributed by atoms with Crippen LogP contribution in [0.2, 0.25) is 0 Å². The van der Waals surface area contributed by atoms with Gasteiger partial charge in [-0.2, -0.15) is 4.31 Å². The lowest BCUT2D eigenvalue weighted by atomic mass is 9.91. The standard InChI is InChI=1S/C21H25FN6O2S/c1-26(2)21-23-11-18(15-6-4-8-17(22)10-15)20(25-21)16-7-5-9-28(12-16)31(29,30)19-13-27(3)14-24-19/h4,6,8,10-11,13-14,16H,5,7,9,12H2,1-3H3/t16-/m0/s1. The Morgan fingerprint density at radius 3 is 2.71 bits per heavy atom. The molecule has 31 heavy (non-hydrogen) atoms. The van der Waals surface area contributed by atoms with Gasteiger partial charge in [-0.1, -0.05) is 12.1 Å². The Labute approximate surface area is 181 Å². The molecule has 0 saturated carbocycles. The van der Waals surface area contributed by atoms with Crippen LogP contribution in [0.1, 0.15) is 24.5 Å². The second kappa shape index (κ2) is 8.35. The largest absolute Gasteiger partial charge is 0.347 e. The first kappa shape index (κ1) is 21.4. The molecule has 1 atom stereocenters. The highest BCUT2D eigenvalue weighted by atomic mass is 32.2. The van der Waals surface area contributed by atoms with E-state index in [0.29, 0.717) is 30.0 Å². The van der Waals surface area contributed by atoms with Gasteiger partial charge >= 0.3 is 0 Å². The van der Waals surface area contributed by atoms with Crippen LogP contribution in [0.15, 0.2) is 48.0 Å². The fourth-order valence-electron chi connectivity index (χ4n) is 3.83. The summed E-state index contributed by atoms with van der Waals surface area (Å²) in [4.78, 5) is 15.0. The summed E-state index contributed by atoms with van der Waals surface area (Å²) in [5.41, 5.74) is 2.11. The van der Waals surface area contributed by atoms with Gasteiger partial charge < -0.3 is 9.47 Å². The Kier molecular flexibility index (Phi) is 5.76.